The number of carbonyl (C=O) groups excluding carboxylic acids is 2. The largest absolute Gasteiger partial charge is 0.360 e. The Hall–Kier alpha value is -2.75. The van der Waals surface area contributed by atoms with Crippen molar-refractivity contribution in [2.75, 3.05) is 0 Å². The van der Waals surface area contributed by atoms with Gasteiger partial charge in [-0.05, 0) is 12.1 Å². The number of nitrogens with zero attached hydrogens (tertiary/aromatic N) is 1. The predicted molar refractivity (Wildman–Crippen MR) is 76.7 cm³/mol. The standard InChI is InChI=1S/C17H11NO3/c1-2-13-11-7-8-12-14(15(11)18-21-13)17(20)10-6-4-3-5-9(10)16(12)19/h3-8H,2H2,1H3. The fourth-order valence-electron chi connectivity index (χ4n) is 2.89. The molecule has 21 heavy (non-hydrogen) atoms. The summed E-state index contributed by atoms with van der Waals surface area (Å²) in [6.45, 7) is 1.96. The van der Waals surface area contributed by atoms with Crippen LogP contribution in [0.15, 0.2) is 40.9 Å². The van der Waals surface area contributed by atoms with E-state index in [1.54, 1.807) is 30.3 Å². The van der Waals surface area contributed by atoms with Gasteiger partial charge in [-0.2, -0.15) is 0 Å². The smallest absolute Gasteiger partial charge is 0.196 e. The molecule has 0 amide bonds. The van der Waals surface area contributed by atoms with Crippen molar-refractivity contribution >= 4 is 22.5 Å². The zero-order valence-corrected chi connectivity index (χ0v) is 11.3. The Kier molecular flexibility index (Phi) is 2.36. The molecule has 0 spiro atoms. The Morgan fingerprint density at radius 2 is 1.67 bits per heavy atom. The van der Waals surface area contributed by atoms with E-state index in [0.717, 1.165) is 11.1 Å². The van der Waals surface area contributed by atoms with E-state index in [4.69, 9.17) is 4.52 Å². The van der Waals surface area contributed by atoms with E-state index in [1.165, 1.54) is 0 Å². The summed E-state index contributed by atoms with van der Waals surface area (Å²) in [5.74, 6) is 0.428. The van der Waals surface area contributed by atoms with Crippen LogP contribution in [0, 0.1) is 0 Å². The lowest BCUT2D eigenvalue weighted by Crippen LogP contribution is -2.21. The van der Waals surface area contributed by atoms with Crippen LogP contribution in [0.2, 0.25) is 0 Å². The van der Waals surface area contributed by atoms with E-state index < -0.39 is 0 Å². The summed E-state index contributed by atoms with van der Waals surface area (Å²) in [6, 6.07) is 10.4. The van der Waals surface area contributed by atoms with Crippen molar-refractivity contribution in [2.45, 2.75) is 13.3 Å². The molecule has 4 rings (SSSR count). The van der Waals surface area contributed by atoms with Crippen LogP contribution in [0.25, 0.3) is 10.9 Å². The molecular formula is C17H11NO3. The minimum absolute atomic E-state index is 0.136. The van der Waals surface area contributed by atoms with Gasteiger partial charge in [-0.3, -0.25) is 9.59 Å². The third kappa shape index (κ3) is 1.47. The molecule has 4 nitrogen and oxygen atoms in total. The number of fused-ring (bicyclic) bond motifs is 4. The average Bonchev–Trinajstić information content (AvgIpc) is 2.95. The second kappa shape index (κ2) is 4.12. The van der Waals surface area contributed by atoms with Gasteiger partial charge in [0.15, 0.2) is 11.6 Å². The maximum Gasteiger partial charge on any atom is 0.196 e. The highest BCUT2D eigenvalue weighted by atomic mass is 16.5. The van der Waals surface area contributed by atoms with E-state index in [9.17, 15) is 9.59 Å². The maximum absolute atomic E-state index is 12.7. The molecule has 3 aromatic rings. The number of hydrogen-bond acceptors (Lipinski definition) is 4. The third-order valence-corrected chi connectivity index (χ3v) is 3.93. The molecule has 0 radical (unpaired) electrons. The lowest BCUT2D eigenvalue weighted by molar-refractivity contribution is 0.0980. The Labute approximate surface area is 120 Å². The first-order valence-electron chi connectivity index (χ1n) is 6.82. The van der Waals surface area contributed by atoms with Gasteiger partial charge in [-0.25, -0.2) is 0 Å². The first-order valence-corrected chi connectivity index (χ1v) is 6.82. The summed E-state index contributed by atoms with van der Waals surface area (Å²) in [6.07, 6.45) is 0.689. The molecule has 0 unspecified atom stereocenters. The molecule has 0 atom stereocenters. The molecule has 2 aromatic carbocycles. The summed E-state index contributed by atoms with van der Waals surface area (Å²) in [5, 5.41) is 4.82. The molecule has 0 aliphatic heterocycles. The molecule has 0 fully saturated rings. The Morgan fingerprint density at radius 3 is 2.38 bits per heavy atom. The van der Waals surface area contributed by atoms with Crippen molar-refractivity contribution in [3.63, 3.8) is 0 Å². The Balaban J connectivity index is 2.09. The Morgan fingerprint density at radius 1 is 0.952 bits per heavy atom. The van der Waals surface area contributed by atoms with Crippen LogP contribution in [0.1, 0.15) is 44.5 Å². The van der Waals surface area contributed by atoms with Crippen LogP contribution >= 0.6 is 0 Å². The highest BCUT2D eigenvalue weighted by Gasteiger charge is 2.32. The first-order chi connectivity index (χ1) is 10.2. The molecule has 0 N–H and O–H groups in total. The normalized spacial score (nSPS) is 13.4. The molecule has 4 heteroatoms. The van der Waals surface area contributed by atoms with Gasteiger partial charge in [-0.1, -0.05) is 36.3 Å². The van der Waals surface area contributed by atoms with Gasteiger partial charge in [0.25, 0.3) is 0 Å². The van der Waals surface area contributed by atoms with Crippen LogP contribution in [-0.4, -0.2) is 16.7 Å². The average molecular weight is 277 g/mol. The van der Waals surface area contributed by atoms with Crippen LogP contribution in [0.4, 0.5) is 0 Å². The van der Waals surface area contributed by atoms with Crippen LogP contribution in [0.3, 0.4) is 0 Å². The summed E-state index contributed by atoms with van der Waals surface area (Å²) in [7, 11) is 0. The van der Waals surface area contributed by atoms with Gasteiger partial charge in [0.05, 0.1) is 5.56 Å². The van der Waals surface area contributed by atoms with Gasteiger partial charge in [-0.15, -0.1) is 0 Å². The highest BCUT2D eigenvalue weighted by molar-refractivity contribution is 6.31. The zero-order chi connectivity index (χ0) is 14.6. The quantitative estimate of drug-likeness (QED) is 0.536. The van der Waals surface area contributed by atoms with Crippen molar-refractivity contribution in [1.29, 1.82) is 0 Å². The number of carbonyl (C=O) groups is 2. The number of aromatic nitrogens is 1. The predicted octanol–water partition coefficient (Wildman–Crippen LogP) is 3.17. The molecule has 1 heterocycles. The van der Waals surface area contributed by atoms with Crippen LogP contribution < -0.4 is 0 Å². The summed E-state index contributed by atoms with van der Waals surface area (Å²) in [5.41, 5.74) is 2.14. The molecule has 1 aromatic heterocycles. The van der Waals surface area contributed by atoms with Gasteiger partial charge in [0.2, 0.25) is 0 Å². The van der Waals surface area contributed by atoms with Crippen molar-refractivity contribution in [1.82, 2.24) is 5.16 Å². The minimum atomic E-state index is -0.165. The first kappa shape index (κ1) is 12.0. The molecular weight excluding hydrogens is 266 g/mol. The fraction of sp³-hybridized carbons (Fsp3) is 0.118. The molecule has 0 saturated heterocycles. The fourth-order valence-corrected chi connectivity index (χ4v) is 2.89. The number of aryl methyl sites for hydroxylation is 1. The van der Waals surface area contributed by atoms with E-state index >= 15 is 0 Å². The molecule has 1 aliphatic carbocycles. The number of hydrogen-bond donors (Lipinski definition) is 0. The van der Waals surface area contributed by atoms with E-state index in [1.807, 2.05) is 13.0 Å². The van der Waals surface area contributed by atoms with Gasteiger partial charge in [0.1, 0.15) is 11.3 Å². The zero-order valence-electron chi connectivity index (χ0n) is 11.3. The summed E-state index contributed by atoms with van der Waals surface area (Å²) in [4.78, 5) is 25.3. The monoisotopic (exact) mass is 277 g/mol. The minimum Gasteiger partial charge on any atom is -0.360 e. The molecule has 1 aliphatic rings. The van der Waals surface area contributed by atoms with E-state index in [-0.39, 0.29) is 11.6 Å². The maximum atomic E-state index is 12.7. The highest BCUT2D eigenvalue weighted by Crippen LogP contribution is 2.33. The van der Waals surface area contributed by atoms with Gasteiger partial charge < -0.3 is 4.52 Å². The lowest BCUT2D eigenvalue weighted by Gasteiger charge is -2.17. The molecule has 102 valence electrons. The van der Waals surface area contributed by atoms with Crippen molar-refractivity contribution in [2.24, 2.45) is 0 Å². The molecule has 0 saturated carbocycles. The summed E-state index contributed by atoms with van der Waals surface area (Å²) < 4.78 is 5.29. The SMILES string of the molecule is CCc1onc2c3c(ccc12)C(=O)c1ccccc1C3=O. The number of rotatable bonds is 1. The Bertz CT molecular complexity index is 921. The lowest BCUT2D eigenvalue weighted by atomic mass is 9.83. The number of ketones is 2. The van der Waals surface area contributed by atoms with Gasteiger partial charge >= 0.3 is 0 Å². The second-order valence-electron chi connectivity index (χ2n) is 5.05. The van der Waals surface area contributed by atoms with Crippen LogP contribution in [-0.2, 0) is 6.42 Å². The second-order valence-corrected chi connectivity index (χ2v) is 5.05. The molecule has 0 bridgehead atoms. The van der Waals surface area contributed by atoms with Crippen molar-refractivity contribution in [3.8, 4) is 0 Å². The van der Waals surface area contributed by atoms with Gasteiger partial charge in [0, 0.05) is 28.5 Å². The van der Waals surface area contributed by atoms with E-state index in [0.29, 0.717) is 34.2 Å². The third-order valence-electron chi connectivity index (χ3n) is 3.93. The van der Waals surface area contributed by atoms with Crippen molar-refractivity contribution < 1.29 is 14.1 Å². The summed E-state index contributed by atoms with van der Waals surface area (Å²) >= 11 is 0. The topological polar surface area (TPSA) is 60.2 Å². The van der Waals surface area contributed by atoms with Crippen LogP contribution in [0.5, 0.6) is 0 Å². The van der Waals surface area contributed by atoms with Crippen molar-refractivity contribution in [3.05, 3.63) is 64.4 Å². The van der Waals surface area contributed by atoms with E-state index in [2.05, 4.69) is 5.16 Å². The number of benzene rings is 2.